The van der Waals surface area contributed by atoms with Gasteiger partial charge >= 0.3 is 0 Å². The maximum atomic E-state index is 13.2. The van der Waals surface area contributed by atoms with Crippen molar-refractivity contribution in [1.82, 2.24) is 9.88 Å². The number of carbonyl (C=O) groups is 2. The van der Waals surface area contributed by atoms with Crippen molar-refractivity contribution in [3.63, 3.8) is 0 Å². The van der Waals surface area contributed by atoms with Gasteiger partial charge in [-0.2, -0.15) is 0 Å². The number of carbonyl (C=O) groups excluding carboxylic acids is 2. The summed E-state index contributed by atoms with van der Waals surface area (Å²) in [5.41, 5.74) is 1.22. The molecule has 2 amide bonds. The number of pyridine rings is 1. The van der Waals surface area contributed by atoms with Crippen molar-refractivity contribution in [3.8, 4) is 0 Å². The normalized spacial score (nSPS) is 14.2. The highest BCUT2D eigenvalue weighted by molar-refractivity contribution is 5.92. The van der Waals surface area contributed by atoms with Crippen LogP contribution in [0.5, 0.6) is 0 Å². The Labute approximate surface area is 151 Å². The van der Waals surface area contributed by atoms with E-state index >= 15 is 0 Å². The van der Waals surface area contributed by atoms with Crippen LogP contribution in [0.4, 0.5) is 15.9 Å². The summed E-state index contributed by atoms with van der Waals surface area (Å²) in [6.07, 6.45) is 1.71. The van der Waals surface area contributed by atoms with Gasteiger partial charge in [0.15, 0.2) is 0 Å². The maximum absolute atomic E-state index is 13.2. The third-order valence-corrected chi connectivity index (χ3v) is 4.33. The van der Waals surface area contributed by atoms with E-state index in [1.54, 1.807) is 31.3 Å². The lowest BCUT2D eigenvalue weighted by atomic mass is 10.1. The van der Waals surface area contributed by atoms with Crippen LogP contribution in [0.25, 0.3) is 0 Å². The molecule has 7 heteroatoms. The first kappa shape index (κ1) is 17.8. The number of nitrogens with zero attached hydrogens (tertiary/aromatic N) is 3. The second-order valence-electron chi connectivity index (χ2n) is 6.25. The van der Waals surface area contributed by atoms with Crippen LogP contribution in [0.3, 0.4) is 0 Å². The molecule has 0 spiro atoms. The minimum absolute atomic E-state index is 0.0916. The van der Waals surface area contributed by atoms with Crippen molar-refractivity contribution in [2.75, 3.05) is 36.4 Å². The molecule has 1 aliphatic heterocycles. The van der Waals surface area contributed by atoms with Crippen molar-refractivity contribution in [2.45, 2.75) is 13.3 Å². The van der Waals surface area contributed by atoms with Crippen molar-refractivity contribution < 1.29 is 14.0 Å². The molecular weight excluding hydrogens is 335 g/mol. The Hall–Kier alpha value is -2.96. The quantitative estimate of drug-likeness (QED) is 0.911. The lowest BCUT2D eigenvalue weighted by molar-refractivity contribution is -0.129. The van der Waals surface area contributed by atoms with E-state index in [0.29, 0.717) is 24.3 Å². The summed E-state index contributed by atoms with van der Waals surface area (Å²) in [6.45, 7) is 4.41. The largest absolute Gasteiger partial charge is 0.353 e. The van der Waals surface area contributed by atoms with Gasteiger partial charge in [-0.1, -0.05) is 12.1 Å². The van der Waals surface area contributed by atoms with Crippen LogP contribution in [0.1, 0.15) is 12.5 Å². The van der Waals surface area contributed by atoms with Gasteiger partial charge in [0, 0.05) is 33.1 Å². The number of nitrogens with one attached hydrogen (secondary N) is 1. The van der Waals surface area contributed by atoms with Gasteiger partial charge in [0.05, 0.1) is 18.3 Å². The van der Waals surface area contributed by atoms with E-state index in [1.807, 2.05) is 11.0 Å². The number of benzene rings is 1. The Morgan fingerprint density at radius 2 is 1.92 bits per heavy atom. The van der Waals surface area contributed by atoms with Crippen LogP contribution in [-0.4, -0.2) is 47.9 Å². The van der Waals surface area contributed by atoms with Crippen molar-refractivity contribution in [1.29, 1.82) is 0 Å². The van der Waals surface area contributed by atoms with Gasteiger partial charge in [0.2, 0.25) is 11.8 Å². The molecule has 0 unspecified atom stereocenters. The number of aromatic nitrogens is 1. The highest BCUT2D eigenvalue weighted by atomic mass is 19.1. The number of piperazine rings is 1. The molecule has 1 N–H and O–H groups in total. The first-order valence-electron chi connectivity index (χ1n) is 8.52. The Morgan fingerprint density at radius 3 is 2.54 bits per heavy atom. The molecule has 1 aromatic heterocycles. The predicted molar refractivity (Wildman–Crippen MR) is 97.4 cm³/mol. The zero-order chi connectivity index (χ0) is 18.5. The lowest BCUT2D eigenvalue weighted by Crippen LogP contribution is -2.48. The highest BCUT2D eigenvalue weighted by Crippen LogP contribution is 2.16. The summed E-state index contributed by atoms with van der Waals surface area (Å²) in [7, 11) is 0. The highest BCUT2D eigenvalue weighted by Gasteiger charge is 2.19. The van der Waals surface area contributed by atoms with Gasteiger partial charge in [-0.25, -0.2) is 9.37 Å². The molecule has 0 atom stereocenters. The van der Waals surface area contributed by atoms with E-state index in [1.165, 1.54) is 12.1 Å². The second-order valence-corrected chi connectivity index (χ2v) is 6.25. The minimum Gasteiger partial charge on any atom is -0.353 e. The topological polar surface area (TPSA) is 65.5 Å². The Morgan fingerprint density at radius 1 is 1.15 bits per heavy atom. The molecule has 3 rings (SSSR count). The average molecular weight is 356 g/mol. The molecule has 0 saturated carbocycles. The van der Waals surface area contributed by atoms with Gasteiger partial charge in [-0.05, 0) is 29.8 Å². The molecule has 1 aliphatic rings. The molecule has 6 nitrogen and oxygen atoms in total. The van der Waals surface area contributed by atoms with Crippen LogP contribution < -0.4 is 10.2 Å². The van der Waals surface area contributed by atoms with E-state index in [-0.39, 0.29) is 24.1 Å². The Balaban J connectivity index is 1.54. The molecule has 26 heavy (non-hydrogen) atoms. The number of rotatable bonds is 4. The number of anilines is 2. The van der Waals surface area contributed by atoms with Crippen molar-refractivity contribution >= 4 is 23.3 Å². The SMILES string of the molecule is CC(=O)N1CCN(c2ccc(NC(=O)Cc3cccc(F)c3)cn2)CC1. The fourth-order valence-electron chi connectivity index (χ4n) is 2.94. The maximum Gasteiger partial charge on any atom is 0.228 e. The summed E-state index contributed by atoms with van der Waals surface area (Å²) < 4.78 is 13.2. The van der Waals surface area contributed by atoms with Crippen LogP contribution in [0.2, 0.25) is 0 Å². The third kappa shape index (κ3) is 4.56. The first-order chi connectivity index (χ1) is 12.5. The number of amides is 2. The summed E-state index contributed by atoms with van der Waals surface area (Å²) in [4.78, 5) is 31.8. The summed E-state index contributed by atoms with van der Waals surface area (Å²) >= 11 is 0. The fraction of sp³-hybridized carbons (Fsp3) is 0.316. The van der Waals surface area contributed by atoms with E-state index in [2.05, 4.69) is 15.2 Å². The van der Waals surface area contributed by atoms with Gasteiger partial charge in [0.1, 0.15) is 11.6 Å². The van der Waals surface area contributed by atoms with Gasteiger partial charge in [-0.3, -0.25) is 9.59 Å². The number of hydrogen-bond acceptors (Lipinski definition) is 4. The first-order valence-corrected chi connectivity index (χ1v) is 8.52. The molecule has 136 valence electrons. The molecule has 2 heterocycles. The fourth-order valence-corrected chi connectivity index (χ4v) is 2.94. The van der Waals surface area contributed by atoms with Gasteiger partial charge < -0.3 is 15.1 Å². The molecule has 2 aromatic rings. The molecular formula is C19H21FN4O2. The molecule has 1 aromatic carbocycles. The zero-order valence-electron chi connectivity index (χ0n) is 14.6. The van der Waals surface area contributed by atoms with E-state index < -0.39 is 0 Å². The molecule has 0 bridgehead atoms. The predicted octanol–water partition coefficient (Wildman–Crippen LogP) is 2.07. The van der Waals surface area contributed by atoms with Crippen LogP contribution >= 0.6 is 0 Å². The van der Waals surface area contributed by atoms with Crippen molar-refractivity contribution in [2.24, 2.45) is 0 Å². The van der Waals surface area contributed by atoms with Crippen LogP contribution in [0.15, 0.2) is 42.6 Å². The van der Waals surface area contributed by atoms with Crippen LogP contribution in [-0.2, 0) is 16.0 Å². The van der Waals surface area contributed by atoms with E-state index in [4.69, 9.17) is 0 Å². The lowest BCUT2D eigenvalue weighted by Gasteiger charge is -2.34. The van der Waals surface area contributed by atoms with Crippen LogP contribution in [0, 0.1) is 5.82 Å². The van der Waals surface area contributed by atoms with Gasteiger partial charge in [0.25, 0.3) is 0 Å². The average Bonchev–Trinajstić information content (AvgIpc) is 2.62. The second kappa shape index (κ2) is 7.95. The van der Waals surface area contributed by atoms with E-state index in [0.717, 1.165) is 18.9 Å². The van der Waals surface area contributed by atoms with Crippen molar-refractivity contribution in [3.05, 3.63) is 54.0 Å². The Bertz CT molecular complexity index is 786. The summed E-state index contributed by atoms with van der Waals surface area (Å²) in [6, 6.07) is 9.64. The summed E-state index contributed by atoms with van der Waals surface area (Å²) in [5, 5.41) is 2.77. The standard InChI is InChI=1S/C19H21FN4O2/c1-14(25)23-7-9-24(10-8-23)18-6-5-17(13-21-18)22-19(26)12-15-3-2-4-16(20)11-15/h2-6,11,13H,7-10,12H2,1H3,(H,22,26). The molecule has 0 radical (unpaired) electrons. The minimum atomic E-state index is -0.355. The molecule has 1 saturated heterocycles. The smallest absolute Gasteiger partial charge is 0.228 e. The molecule has 0 aliphatic carbocycles. The third-order valence-electron chi connectivity index (χ3n) is 4.33. The Kier molecular flexibility index (Phi) is 5.46. The van der Waals surface area contributed by atoms with E-state index in [9.17, 15) is 14.0 Å². The monoisotopic (exact) mass is 356 g/mol. The zero-order valence-corrected chi connectivity index (χ0v) is 14.6. The van der Waals surface area contributed by atoms with Gasteiger partial charge in [-0.15, -0.1) is 0 Å². The number of halogens is 1. The summed E-state index contributed by atoms with van der Waals surface area (Å²) in [5.74, 6) is 0.330. The molecule has 1 fully saturated rings. The number of hydrogen-bond donors (Lipinski definition) is 1.